The lowest BCUT2D eigenvalue weighted by Crippen LogP contribution is -1.98. The Morgan fingerprint density at radius 3 is 2.79 bits per heavy atom. The Kier molecular flexibility index (Phi) is 5.08. The van der Waals surface area contributed by atoms with Crippen LogP contribution in [0.2, 0.25) is 0 Å². The predicted molar refractivity (Wildman–Crippen MR) is 104 cm³/mol. The molecule has 0 saturated heterocycles. The Hall–Kier alpha value is -0.700. The molecular weight excluding hydrogens is 376 g/mol. The van der Waals surface area contributed by atoms with Gasteiger partial charge in [-0.2, -0.15) is 0 Å². The maximum atomic E-state index is 4.56. The van der Waals surface area contributed by atoms with Crippen LogP contribution in [0.1, 0.15) is 37.1 Å². The number of rotatable bonds is 5. The predicted octanol–water partition coefficient (Wildman–Crippen LogP) is 5.32. The Labute approximate surface area is 157 Å². The van der Waals surface area contributed by atoms with E-state index in [2.05, 4.69) is 34.0 Å². The first-order chi connectivity index (χ1) is 11.7. The highest BCUT2D eigenvalue weighted by atomic mass is 32.2. The van der Waals surface area contributed by atoms with E-state index in [-0.39, 0.29) is 0 Å². The number of fused-ring (bicyclic) bond motifs is 3. The monoisotopic (exact) mass is 394 g/mol. The summed E-state index contributed by atoms with van der Waals surface area (Å²) in [6.45, 7) is 4.45. The second kappa shape index (κ2) is 7.27. The van der Waals surface area contributed by atoms with E-state index in [1.165, 1.54) is 35.1 Å². The quantitative estimate of drug-likeness (QED) is 0.431. The Bertz CT molecular complexity index is 855. The van der Waals surface area contributed by atoms with Crippen molar-refractivity contribution in [3.63, 3.8) is 0 Å². The third kappa shape index (κ3) is 3.47. The van der Waals surface area contributed by atoms with Gasteiger partial charge in [-0.25, -0.2) is 9.97 Å². The van der Waals surface area contributed by atoms with Gasteiger partial charge in [0.05, 0.1) is 0 Å². The lowest BCUT2D eigenvalue weighted by atomic mass is 9.97. The third-order valence-corrected chi connectivity index (χ3v) is 8.57. The Morgan fingerprint density at radius 2 is 1.92 bits per heavy atom. The molecule has 0 bridgehead atoms. The summed E-state index contributed by atoms with van der Waals surface area (Å²) >= 11 is 6.93. The zero-order chi connectivity index (χ0) is 16.5. The molecule has 1 aliphatic rings. The summed E-state index contributed by atoms with van der Waals surface area (Å²) < 4.78 is 2.01. The summed E-state index contributed by atoms with van der Waals surface area (Å²) in [6, 6.07) is 0. The molecule has 24 heavy (non-hydrogen) atoms. The van der Waals surface area contributed by atoms with Crippen LogP contribution in [0.4, 0.5) is 0 Å². The van der Waals surface area contributed by atoms with Gasteiger partial charge in [-0.3, -0.25) is 0 Å². The summed E-state index contributed by atoms with van der Waals surface area (Å²) in [7, 11) is 0. The standard InChI is InChI=1S/C16H18N4S4/c1-9(2)7-21-15-19-20-16(24-15)23-14-12-10-5-3-4-6-11(10)22-13(12)17-8-18-14/h8-9H,3-7H2,1-2H3. The van der Waals surface area contributed by atoms with Crippen LogP contribution < -0.4 is 0 Å². The molecule has 0 unspecified atom stereocenters. The van der Waals surface area contributed by atoms with E-state index >= 15 is 0 Å². The average molecular weight is 395 g/mol. The molecule has 0 saturated carbocycles. The molecular formula is C16H18N4S4. The molecule has 3 aromatic heterocycles. The molecule has 3 heterocycles. The molecule has 0 fully saturated rings. The lowest BCUT2D eigenvalue weighted by molar-refractivity contribution is 0.699. The number of hydrogen-bond donors (Lipinski definition) is 0. The van der Waals surface area contributed by atoms with Crippen molar-refractivity contribution >= 4 is 56.4 Å². The molecule has 0 atom stereocenters. The molecule has 1 aliphatic carbocycles. The molecule has 8 heteroatoms. The highest BCUT2D eigenvalue weighted by Gasteiger charge is 2.21. The molecule has 0 N–H and O–H groups in total. The van der Waals surface area contributed by atoms with E-state index in [1.54, 1.807) is 41.2 Å². The Morgan fingerprint density at radius 1 is 1.08 bits per heavy atom. The van der Waals surface area contributed by atoms with Gasteiger partial charge in [0.25, 0.3) is 0 Å². The number of aryl methyl sites for hydroxylation is 2. The van der Waals surface area contributed by atoms with Gasteiger partial charge < -0.3 is 0 Å². The van der Waals surface area contributed by atoms with Crippen molar-refractivity contribution in [2.45, 2.75) is 53.2 Å². The number of thioether (sulfide) groups is 1. The molecule has 4 rings (SSSR count). The van der Waals surface area contributed by atoms with Crippen molar-refractivity contribution < 1.29 is 0 Å². The van der Waals surface area contributed by atoms with Gasteiger partial charge in [0, 0.05) is 16.0 Å². The summed E-state index contributed by atoms with van der Waals surface area (Å²) in [4.78, 5) is 11.7. The first kappa shape index (κ1) is 16.8. The number of hydrogen-bond acceptors (Lipinski definition) is 8. The van der Waals surface area contributed by atoms with E-state index < -0.39 is 0 Å². The number of aromatic nitrogens is 4. The SMILES string of the molecule is CC(C)CSc1nnc(Sc2ncnc3sc4c(c23)CCCC4)s1. The highest BCUT2D eigenvalue weighted by Crippen LogP contribution is 2.42. The van der Waals surface area contributed by atoms with E-state index in [9.17, 15) is 0 Å². The van der Waals surface area contributed by atoms with Crippen LogP contribution in [0.15, 0.2) is 20.0 Å². The van der Waals surface area contributed by atoms with Gasteiger partial charge in [-0.15, -0.1) is 21.5 Å². The summed E-state index contributed by atoms with van der Waals surface area (Å²) in [6.07, 6.45) is 6.59. The van der Waals surface area contributed by atoms with Crippen LogP contribution in [0.5, 0.6) is 0 Å². The molecule has 126 valence electrons. The van der Waals surface area contributed by atoms with Crippen molar-refractivity contribution in [2.24, 2.45) is 5.92 Å². The third-order valence-electron chi connectivity index (χ3n) is 3.83. The second-order valence-corrected chi connectivity index (χ2v) is 10.8. The highest BCUT2D eigenvalue weighted by molar-refractivity contribution is 8.03. The topological polar surface area (TPSA) is 51.6 Å². The van der Waals surface area contributed by atoms with E-state index in [4.69, 9.17) is 0 Å². The largest absolute Gasteiger partial charge is 0.229 e. The number of nitrogens with zero attached hydrogens (tertiary/aromatic N) is 4. The molecule has 0 amide bonds. The van der Waals surface area contributed by atoms with Gasteiger partial charge in [-0.05, 0) is 48.9 Å². The molecule has 3 aromatic rings. The first-order valence-electron chi connectivity index (χ1n) is 8.10. The van der Waals surface area contributed by atoms with Crippen LogP contribution in [0, 0.1) is 5.92 Å². The molecule has 0 aromatic carbocycles. The normalized spacial score (nSPS) is 14.5. The Balaban J connectivity index is 1.62. The van der Waals surface area contributed by atoms with Crippen molar-refractivity contribution in [1.82, 2.24) is 20.2 Å². The van der Waals surface area contributed by atoms with Crippen molar-refractivity contribution in [1.29, 1.82) is 0 Å². The van der Waals surface area contributed by atoms with E-state index in [0.717, 1.165) is 30.7 Å². The molecule has 0 aliphatic heterocycles. The maximum Gasteiger partial charge on any atom is 0.181 e. The van der Waals surface area contributed by atoms with E-state index in [0.29, 0.717) is 5.92 Å². The van der Waals surface area contributed by atoms with Gasteiger partial charge in [0.15, 0.2) is 8.68 Å². The summed E-state index contributed by atoms with van der Waals surface area (Å²) in [5.74, 6) is 1.74. The molecule has 0 radical (unpaired) electrons. The second-order valence-electron chi connectivity index (χ2n) is 6.21. The number of thiophene rings is 1. The minimum Gasteiger partial charge on any atom is -0.229 e. The van der Waals surface area contributed by atoms with Crippen molar-refractivity contribution in [3.8, 4) is 0 Å². The van der Waals surface area contributed by atoms with Gasteiger partial charge in [0.1, 0.15) is 16.2 Å². The minimum absolute atomic E-state index is 0.661. The minimum atomic E-state index is 0.661. The van der Waals surface area contributed by atoms with Gasteiger partial charge in [-0.1, -0.05) is 36.9 Å². The van der Waals surface area contributed by atoms with E-state index in [1.807, 2.05) is 11.3 Å². The van der Waals surface area contributed by atoms with Crippen molar-refractivity contribution in [2.75, 3.05) is 5.75 Å². The van der Waals surface area contributed by atoms with Crippen molar-refractivity contribution in [3.05, 3.63) is 16.8 Å². The first-order valence-corrected chi connectivity index (χ1v) is 11.5. The molecule has 0 spiro atoms. The fraction of sp³-hybridized carbons (Fsp3) is 0.500. The van der Waals surface area contributed by atoms with Gasteiger partial charge in [0.2, 0.25) is 0 Å². The fourth-order valence-corrected chi connectivity index (χ4v) is 7.08. The fourth-order valence-electron chi connectivity index (χ4n) is 2.76. The van der Waals surface area contributed by atoms with Crippen LogP contribution >= 0.6 is 46.2 Å². The van der Waals surface area contributed by atoms with Crippen LogP contribution in [-0.4, -0.2) is 25.9 Å². The van der Waals surface area contributed by atoms with Crippen LogP contribution in [-0.2, 0) is 12.8 Å². The smallest absolute Gasteiger partial charge is 0.181 e. The summed E-state index contributed by atoms with van der Waals surface area (Å²) in [5, 5.41) is 11.0. The van der Waals surface area contributed by atoms with Gasteiger partial charge >= 0.3 is 0 Å². The lowest BCUT2D eigenvalue weighted by Gasteiger charge is -2.10. The van der Waals surface area contributed by atoms with Crippen LogP contribution in [0.25, 0.3) is 10.2 Å². The molecule has 4 nitrogen and oxygen atoms in total. The zero-order valence-corrected chi connectivity index (χ0v) is 16.9. The van der Waals surface area contributed by atoms with Crippen LogP contribution in [0.3, 0.4) is 0 Å². The average Bonchev–Trinajstić information content (AvgIpc) is 3.17. The maximum absolute atomic E-state index is 4.56. The zero-order valence-electron chi connectivity index (χ0n) is 13.6. The summed E-state index contributed by atoms with van der Waals surface area (Å²) in [5.41, 5.74) is 1.48.